The van der Waals surface area contributed by atoms with Crippen LogP contribution in [-0.4, -0.2) is 32.7 Å². The normalized spacial score (nSPS) is 16.1. The minimum atomic E-state index is -0.215. The number of nitrogens with zero attached hydrogens (tertiary/aromatic N) is 2. The zero-order valence-corrected chi connectivity index (χ0v) is 16.9. The van der Waals surface area contributed by atoms with Crippen LogP contribution in [0, 0.1) is 12.8 Å². The van der Waals surface area contributed by atoms with Gasteiger partial charge < -0.3 is 10.3 Å². The largest absolute Gasteiger partial charge is 0.361 e. The molecule has 4 rings (SSSR count). The molecule has 0 unspecified atom stereocenters. The van der Waals surface area contributed by atoms with Gasteiger partial charge in [-0.15, -0.1) is 0 Å². The van der Waals surface area contributed by atoms with Gasteiger partial charge in [-0.25, -0.2) is 4.98 Å². The lowest BCUT2D eigenvalue weighted by Gasteiger charge is -2.25. The molecule has 146 valence electrons. The van der Waals surface area contributed by atoms with Crippen molar-refractivity contribution in [2.45, 2.75) is 38.4 Å². The third-order valence-electron chi connectivity index (χ3n) is 5.34. The minimum absolute atomic E-state index is 0.00325. The number of aromatic nitrogens is 3. The third kappa shape index (κ3) is 3.46. The second-order valence-corrected chi connectivity index (χ2v) is 8.12. The summed E-state index contributed by atoms with van der Waals surface area (Å²) in [6.45, 7) is 4.82. The van der Waals surface area contributed by atoms with Crippen LogP contribution in [0.4, 0.5) is 0 Å². The molecule has 0 aliphatic carbocycles. The van der Waals surface area contributed by atoms with Crippen LogP contribution >= 0.6 is 11.8 Å². The molecule has 1 aromatic carbocycles. The van der Waals surface area contributed by atoms with Crippen LogP contribution in [0.25, 0.3) is 10.9 Å². The van der Waals surface area contributed by atoms with E-state index in [0.717, 1.165) is 28.4 Å². The Labute approximate surface area is 167 Å². The Morgan fingerprint density at radius 3 is 3.04 bits per heavy atom. The number of carbonyl (C=O) groups is 1. The number of fused-ring (bicyclic) bond motifs is 2. The maximum atomic E-state index is 12.7. The van der Waals surface area contributed by atoms with Gasteiger partial charge in [0.1, 0.15) is 0 Å². The van der Waals surface area contributed by atoms with E-state index in [2.05, 4.69) is 21.4 Å². The number of aryl methyl sites for hydroxylation is 1. The summed E-state index contributed by atoms with van der Waals surface area (Å²) in [5, 5.41) is 4.96. The lowest BCUT2D eigenvalue weighted by molar-refractivity contribution is -0.124. The second kappa shape index (κ2) is 7.83. The van der Waals surface area contributed by atoms with Crippen LogP contribution < -0.4 is 10.9 Å². The average molecular weight is 397 g/mol. The standard InChI is InChI=1S/C21H24N4O2S/c1-3-16-13(2)24-21-25(20(16)27)11-15(12-28-21)19(26)22-9-8-14-10-23-18-7-5-4-6-17(14)18/h4-7,10,15,23H,3,8-9,11-12H2,1-2H3,(H,22,26)/t15-/m1/s1. The van der Waals surface area contributed by atoms with Crippen molar-refractivity contribution >= 4 is 28.6 Å². The molecule has 3 heterocycles. The van der Waals surface area contributed by atoms with E-state index in [1.165, 1.54) is 22.7 Å². The summed E-state index contributed by atoms with van der Waals surface area (Å²) in [6, 6.07) is 8.16. The maximum Gasteiger partial charge on any atom is 0.257 e. The van der Waals surface area contributed by atoms with Gasteiger partial charge in [-0.2, -0.15) is 0 Å². The highest BCUT2D eigenvalue weighted by Gasteiger charge is 2.27. The first kappa shape index (κ1) is 18.8. The Hall–Kier alpha value is -2.54. The second-order valence-electron chi connectivity index (χ2n) is 7.14. The number of thioether (sulfide) groups is 1. The van der Waals surface area contributed by atoms with E-state index in [-0.39, 0.29) is 17.4 Å². The number of para-hydroxylation sites is 1. The molecule has 3 aromatic rings. The average Bonchev–Trinajstić information content (AvgIpc) is 3.11. The third-order valence-corrected chi connectivity index (χ3v) is 6.48. The number of H-pyrrole nitrogens is 1. The molecule has 0 fully saturated rings. The van der Waals surface area contributed by atoms with Gasteiger partial charge in [-0.1, -0.05) is 36.9 Å². The zero-order valence-electron chi connectivity index (χ0n) is 16.1. The first-order chi connectivity index (χ1) is 13.6. The van der Waals surface area contributed by atoms with E-state index >= 15 is 0 Å². The summed E-state index contributed by atoms with van der Waals surface area (Å²) in [7, 11) is 0. The predicted molar refractivity (Wildman–Crippen MR) is 112 cm³/mol. The van der Waals surface area contributed by atoms with E-state index in [9.17, 15) is 9.59 Å². The highest BCUT2D eigenvalue weighted by Crippen LogP contribution is 2.26. The topological polar surface area (TPSA) is 79.8 Å². The number of carbonyl (C=O) groups excluding carboxylic acids is 1. The van der Waals surface area contributed by atoms with Gasteiger partial charge in [0.25, 0.3) is 5.56 Å². The first-order valence-corrected chi connectivity index (χ1v) is 10.6. The van der Waals surface area contributed by atoms with Crippen molar-refractivity contribution in [2.24, 2.45) is 5.92 Å². The van der Waals surface area contributed by atoms with Crippen molar-refractivity contribution in [2.75, 3.05) is 12.3 Å². The Bertz CT molecular complexity index is 1090. The zero-order chi connectivity index (χ0) is 19.7. The van der Waals surface area contributed by atoms with Gasteiger partial charge >= 0.3 is 0 Å². The fourth-order valence-corrected chi connectivity index (χ4v) is 4.89. The Morgan fingerprint density at radius 1 is 1.39 bits per heavy atom. The Morgan fingerprint density at radius 2 is 2.21 bits per heavy atom. The summed E-state index contributed by atoms with van der Waals surface area (Å²) in [4.78, 5) is 33.2. The van der Waals surface area contributed by atoms with Crippen LogP contribution in [0.1, 0.15) is 23.7 Å². The van der Waals surface area contributed by atoms with Crippen LogP contribution in [0.5, 0.6) is 0 Å². The molecular weight excluding hydrogens is 372 g/mol. The van der Waals surface area contributed by atoms with Gasteiger partial charge in [0.05, 0.1) is 5.92 Å². The van der Waals surface area contributed by atoms with Gasteiger partial charge in [0.15, 0.2) is 5.16 Å². The lowest BCUT2D eigenvalue weighted by atomic mass is 10.1. The molecule has 0 saturated carbocycles. The molecule has 0 bridgehead atoms. The van der Waals surface area contributed by atoms with Crippen molar-refractivity contribution in [1.82, 2.24) is 19.9 Å². The number of hydrogen-bond acceptors (Lipinski definition) is 4. The summed E-state index contributed by atoms with van der Waals surface area (Å²) in [5.41, 5.74) is 3.84. The van der Waals surface area contributed by atoms with Gasteiger partial charge in [0.2, 0.25) is 5.91 Å². The quantitative estimate of drug-likeness (QED) is 0.650. The van der Waals surface area contributed by atoms with Crippen LogP contribution in [0.15, 0.2) is 40.4 Å². The van der Waals surface area contributed by atoms with Crippen LogP contribution in [0.2, 0.25) is 0 Å². The molecule has 6 nitrogen and oxygen atoms in total. The number of benzene rings is 1. The van der Waals surface area contributed by atoms with Crippen molar-refractivity contribution in [3.63, 3.8) is 0 Å². The minimum Gasteiger partial charge on any atom is -0.361 e. The molecule has 1 atom stereocenters. The highest BCUT2D eigenvalue weighted by molar-refractivity contribution is 7.99. The molecule has 1 aliphatic rings. The van der Waals surface area contributed by atoms with Crippen molar-refractivity contribution in [3.05, 3.63) is 57.6 Å². The fraction of sp³-hybridized carbons (Fsp3) is 0.381. The molecule has 2 N–H and O–H groups in total. The smallest absolute Gasteiger partial charge is 0.257 e. The number of hydrogen-bond donors (Lipinski definition) is 2. The number of rotatable bonds is 5. The van der Waals surface area contributed by atoms with Crippen LogP contribution in [0.3, 0.4) is 0 Å². The summed E-state index contributed by atoms with van der Waals surface area (Å²) >= 11 is 1.49. The van der Waals surface area contributed by atoms with E-state index < -0.39 is 0 Å². The SMILES string of the molecule is CCc1c(C)nc2n(c1=O)C[C@@H](C(=O)NCCc1c[nH]c3ccccc13)CS2. The van der Waals surface area contributed by atoms with Gasteiger partial charge in [0, 0.05) is 47.2 Å². The van der Waals surface area contributed by atoms with E-state index in [0.29, 0.717) is 25.3 Å². The Kier molecular flexibility index (Phi) is 5.26. The summed E-state index contributed by atoms with van der Waals surface area (Å²) in [6.07, 6.45) is 3.43. The molecule has 0 spiro atoms. The molecule has 0 radical (unpaired) electrons. The number of amides is 1. The number of aromatic amines is 1. The maximum absolute atomic E-state index is 12.7. The Balaban J connectivity index is 1.40. The molecule has 7 heteroatoms. The predicted octanol–water partition coefficient (Wildman–Crippen LogP) is 2.68. The highest BCUT2D eigenvalue weighted by atomic mass is 32.2. The fourth-order valence-electron chi connectivity index (χ4n) is 3.76. The lowest BCUT2D eigenvalue weighted by Crippen LogP contribution is -2.41. The van der Waals surface area contributed by atoms with Crippen molar-refractivity contribution < 1.29 is 4.79 Å². The van der Waals surface area contributed by atoms with Crippen LogP contribution in [-0.2, 0) is 24.2 Å². The van der Waals surface area contributed by atoms with E-state index in [4.69, 9.17) is 0 Å². The van der Waals surface area contributed by atoms with Gasteiger partial charge in [-0.3, -0.25) is 14.2 Å². The molecule has 2 aromatic heterocycles. The molecule has 1 aliphatic heterocycles. The summed E-state index contributed by atoms with van der Waals surface area (Å²) in [5.74, 6) is 0.437. The molecule has 1 amide bonds. The van der Waals surface area contributed by atoms with E-state index in [1.54, 1.807) is 4.57 Å². The first-order valence-electron chi connectivity index (χ1n) is 9.64. The van der Waals surface area contributed by atoms with E-state index in [1.807, 2.05) is 38.2 Å². The molecule has 0 saturated heterocycles. The van der Waals surface area contributed by atoms with Crippen molar-refractivity contribution in [3.8, 4) is 0 Å². The number of nitrogens with one attached hydrogen (secondary N) is 2. The molecule has 28 heavy (non-hydrogen) atoms. The summed E-state index contributed by atoms with van der Waals surface area (Å²) < 4.78 is 1.67. The monoisotopic (exact) mass is 396 g/mol. The van der Waals surface area contributed by atoms with Crippen molar-refractivity contribution in [1.29, 1.82) is 0 Å². The van der Waals surface area contributed by atoms with Gasteiger partial charge in [-0.05, 0) is 31.4 Å². The molecular formula is C21H24N4O2S.